The number of guanidine groups is 1. The lowest BCUT2D eigenvalue weighted by Crippen LogP contribution is -2.44. The van der Waals surface area contributed by atoms with Gasteiger partial charge in [-0.3, -0.25) is 4.99 Å². The highest BCUT2D eigenvalue weighted by Gasteiger charge is 2.32. The van der Waals surface area contributed by atoms with Crippen molar-refractivity contribution in [1.29, 1.82) is 0 Å². The van der Waals surface area contributed by atoms with Crippen LogP contribution in [-0.4, -0.2) is 56.9 Å². The molecule has 1 N–H and O–H groups in total. The van der Waals surface area contributed by atoms with E-state index in [-0.39, 0.29) is 11.4 Å². The second kappa shape index (κ2) is 8.99. The molecule has 24 heavy (non-hydrogen) atoms. The monoisotopic (exact) mass is 337 g/mol. The van der Waals surface area contributed by atoms with Crippen LogP contribution in [0.2, 0.25) is 0 Å². The normalized spacial score (nSPS) is 17.6. The molecule has 6 heteroatoms. The minimum atomic E-state index is -0.251. The fraction of sp³-hybridized carbons (Fsp3) is 0.611. The lowest BCUT2D eigenvalue weighted by Gasteiger charge is -2.35. The fourth-order valence-corrected chi connectivity index (χ4v) is 2.84. The summed E-state index contributed by atoms with van der Waals surface area (Å²) in [6.45, 7) is 5.40. The lowest BCUT2D eigenvalue weighted by molar-refractivity contribution is -0.0829. The zero-order valence-corrected chi connectivity index (χ0v) is 14.8. The Morgan fingerprint density at radius 3 is 2.79 bits per heavy atom. The molecule has 0 aromatic heterocycles. The van der Waals surface area contributed by atoms with Crippen LogP contribution in [0.3, 0.4) is 0 Å². The average Bonchev–Trinajstić information content (AvgIpc) is 2.59. The molecule has 0 spiro atoms. The maximum atomic E-state index is 13.4. The van der Waals surface area contributed by atoms with E-state index in [4.69, 9.17) is 14.5 Å². The van der Waals surface area contributed by atoms with E-state index in [9.17, 15) is 4.39 Å². The van der Waals surface area contributed by atoms with Gasteiger partial charge in [0.25, 0.3) is 0 Å². The van der Waals surface area contributed by atoms with Crippen molar-refractivity contribution in [1.82, 2.24) is 10.2 Å². The number of nitrogens with zero attached hydrogens (tertiary/aromatic N) is 2. The Balaban J connectivity index is 2.06. The summed E-state index contributed by atoms with van der Waals surface area (Å²) in [5, 5.41) is 3.29. The summed E-state index contributed by atoms with van der Waals surface area (Å²) in [6.07, 6.45) is 1.69. The first kappa shape index (κ1) is 18.7. The number of aliphatic imine (C=N–C) groups is 1. The maximum absolute atomic E-state index is 13.4. The molecule has 5 nitrogen and oxygen atoms in total. The molecule has 0 unspecified atom stereocenters. The van der Waals surface area contributed by atoms with Crippen molar-refractivity contribution in [3.63, 3.8) is 0 Å². The van der Waals surface area contributed by atoms with Gasteiger partial charge in [-0.15, -0.1) is 0 Å². The van der Waals surface area contributed by atoms with Crippen molar-refractivity contribution in [2.75, 3.05) is 40.5 Å². The van der Waals surface area contributed by atoms with E-state index in [2.05, 4.69) is 5.32 Å². The van der Waals surface area contributed by atoms with Gasteiger partial charge in [0.15, 0.2) is 5.96 Å². The van der Waals surface area contributed by atoms with Crippen LogP contribution in [0.25, 0.3) is 0 Å². The van der Waals surface area contributed by atoms with Gasteiger partial charge in [-0.2, -0.15) is 0 Å². The van der Waals surface area contributed by atoms with E-state index >= 15 is 0 Å². The van der Waals surface area contributed by atoms with E-state index in [1.54, 1.807) is 19.2 Å². The number of methoxy groups -OCH3 is 1. The number of hydrogen-bond acceptors (Lipinski definition) is 3. The zero-order valence-electron chi connectivity index (χ0n) is 14.8. The molecule has 1 aromatic carbocycles. The maximum Gasteiger partial charge on any atom is 0.194 e. The molecule has 0 bridgehead atoms. The van der Waals surface area contributed by atoms with E-state index in [0.717, 1.165) is 30.9 Å². The molecular weight excluding hydrogens is 309 g/mol. The first-order chi connectivity index (χ1) is 11.6. The Kier molecular flexibility index (Phi) is 6.99. The van der Waals surface area contributed by atoms with E-state index in [1.165, 1.54) is 6.07 Å². The Hall–Kier alpha value is -1.66. The minimum absolute atomic E-state index is 0.219. The highest BCUT2D eigenvalue weighted by molar-refractivity contribution is 5.79. The van der Waals surface area contributed by atoms with E-state index < -0.39 is 0 Å². The van der Waals surface area contributed by atoms with Crippen molar-refractivity contribution in [2.45, 2.75) is 31.9 Å². The topological polar surface area (TPSA) is 46.1 Å². The van der Waals surface area contributed by atoms with Gasteiger partial charge in [0.1, 0.15) is 5.82 Å². The van der Waals surface area contributed by atoms with Gasteiger partial charge < -0.3 is 19.7 Å². The second-order valence-electron chi connectivity index (χ2n) is 6.16. The summed E-state index contributed by atoms with van der Waals surface area (Å²) in [6, 6.07) is 6.65. The Morgan fingerprint density at radius 1 is 1.42 bits per heavy atom. The molecule has 134 valence electrons. The standard InChI is InChI=1S/C18H28FN3O2/c1-4-20-17(21-14-18(23-3)8-10-24-11-9-18)22(2)13-15-6-5-7-16(19)12-15/h5-7,12H,4,8-11,13-14H2,1-3H3,(H,20,21). The average molecular weight is 337 g/mol. The first-order valence-corrected chi connectivity index (χ1v) is 8.45. The molecule has 0 aliphatic carbocycles. The lowest BCUT2D eigenvalue weighted by atomic mass is 9.94. The molecule has 0 amide bonds. The van der Waals surface area contributed by atoms with E-state index in [0.29, 0.717) is 26.3 Å². The fourth-order valence-electron chi connectivity index (χ4n) is 2.84. The van der Waals surface area contributed by atoms with Gasteiger partial charge in [0, 0.05) is 53.3 Å². The summed E-state index contributed by atoms with van der Waals surface area (Å²) >= 11 is 0. The number of rotatable bonds is 6. The third-order valence-corrected chi connectivity index (χ3v) is 4.36. The Bertz CT molecular complexity index is 545. The van der Waals surface area contributed by atoms with Gasteiger partial charge >= 0.3 is 0 Å². The van der Waals surface area contributed by atoms with Crippen LogP contribution in [0.4, 0.5) is 4.39 Å². The smallest absolute Gasteiger partial charge is 0.194 e. The van der Waals surface area contributed by atoms with Crippen molar-refractivity contribution in [2.24, 2.45) is 4.99 Å². The molecule has 0 radical (unpaired) electrons. The molecule has 1 fully saturated rings. The molecule has 1 aliphatic rings. The molecule has 2 rings (SSSR count). The van der Waals surface area contributed by atoms with Crippen LogP contribution in [-0.2, 0) is 16.0 Å². The third kappa shape index (κ3) is 5.18. The van der Waals surface area contributed by atoms with Crippen molar-refractivity contribution in [3.8, 4) is 0 Å². The van der Waals surface area contributed by atoms with Gasteiger partial charge in [-0.05, 0) is 24.6 Å². The summed E-state index contributed by atoms with van der Waals surface area (Å²) in [5.41, 5.74) is 0.661. The summed E-state index contributed by atoms with van der Waals surface area (Å²) in [4.78, 5) is 6.76. The highest BCUT2D eigenvalue weighted by Crippen LogP contribution is 2.24. The van der Waals surface area contributed by atoms with Gasteiger partial charge in [-0.25, -0.2) is 4.39 Å². The van der Waals surface area contributed by atoms with Crippen molar-refractivity contribution < 1.29 is 13.9 Å². The van der Waals surface area contributed by atoms with Crippen LogP contribution < -0.4 is 5.32 Å². The Morgan fingerprint density at radius 2 is 2.17 bits per heavy atom. The Labute approximate surface area is 143 Å². The third-order valence-electron chi connectivity index (χ3n) is 4.36. The van der Waals surface area contributed by atoms with Gasteiger partial charge in [0.05, 0.1) is 12.1 Å². The number of nitrogens with one attached hydrogen (secondary N) is 1. The summed E-state index contributed by atoms with van der Waals surface area (Å²) in [7, 11) is 3.69. The minimum Gasteiger partial charge on any atom is -0.381 e. The molecule has 1 aliphatic heterocycles. The molecule has 0 saturated carbocycles. The highest BCUT2D eigenvalue weighted by atomic mass is 19.1. The van der Waals surface area contributed by atoms with Crippen molar-refractivity contribution >= 4 is 5.96 Å². The second-order valence-corrected chi connectivity index (χ2v) is 6.16. The summed E-state index contributed by atoms with van der Waals surface area (Å²) in [5.74, 6) is 0.577. The van der Waals surface area contributed by atoms with Crippen LogP contribution in [0.5, 0.6) is 0 Å². The molecule has 0 atom stereocenters. The summed E-state index contributed by atoms with van der Waals surface area (Å²) < 4.78 is 24.5. The number of benzene rings is 1. The number of hydrogen-bond donors (Lipinski definition) is 1. The van der Waals surface area contributed by atoms with Crippen LogP contribution in [0.15, 0.2) is 29.3 Å². The predicted molar refractivity (Wildman–Crippen MR) is 93.6 cm³/mol. The predicted octanol–water partition coefficient (Wildman–Crippen LogP) is 2.42. The molecule has 1 aromatic rings. The quantitative estimate of drug-likeness (QED) is 0.640. The first-order valence-electron chi connectivity index (χ1n) is 8.45. The van der Waals surface area contributed by atoms with Gasteiger partial charge in [0.2, 0.25) is 0 Å². The van der Waals surface area contributed by atoms with Crippen LogP contribution in [0, 0.1) is 5.82 Å². The zero-order chi connectivity index (χ0) is 17.4. The molecule has 1 heterocycles. The number of halogens is 1. The largest absolute Gasteiger partial charge is 0.381 e. The van der Waals surface area contributed by atoms with E-state index in [1.807, 2.05) is 24.9 Å². The van der Waals surface area contributed by atoms with Crippen LogP contribution in [0.1, 0.15) is 25.3 Å². The van der Waals surface area contributed by atoms with Crippen molar-refractivity contribution in [3.05, 3.63) is 35.6 Å². The number of ether oxygens (including phenoxy) is 2. The van der Waals surface area contributed by atoms with Gasteiger partial charge in [-0.1, -0.05) is 12.1 Å². The SMILES string of the molecule is CCNC(=NCC1(OC)CCOCC1)N(C)Cc1cccc(F)c1. The molecule has 1 saturated heterocycles. The van der Waals surface area contributed by atoms with Crippen LogP contribution >= 0.6 is 0 Å². The molecular formula is C18H28FN3O2.